The molecule has 2 heterocycles. The Labute approximate surface area is 82.4 Å². The Kier molecular flexibility index (Phi) is 2.35. The molecule has 0 saturated carbocycles. The average molecular weight is 192 g/mol. The molecule has 0 aliphatic carbocycles. The zero-order valence-corrected chi connectivity index (χ0v) is 8.01. The number of hydrogen-bond donors (Lipinski definition) is 0. The topological polar surface area (TPSA) is 48.2 Å². The Morgan fingerprint density at radius 1 is 1.64 bits per heavy atom. The van der Waals surface area contributed by atoms with Gasteiger partial charge in [-0.05, 0) is 12.1 Å². The van der Waals surface area contributed by atoms with Gasteiger partial charge in [-0.2, -0.15) is 0 Å². The highest BCUT2D eigenvalue weighted by Crippen LogP contribution is 2.25. The first-order valence-electron chi connectivity index (χ1n) is 4.71. The van der Waals surface area contributed by atoms with Gasteiger partial charge in [0, 0.05) is 17.5 Å². The van der Waals surface area contributed by atoms with Crippen LogP contribution in [0.15, 0.2) is 24.4 Å². The van der Waals surface area contributed by atoms with Crippen LogP contribution >= 0.6 is 0 Å². The van der Waals surface area contributed by atoms with Gasteiger partial charge in [0.05, 0.1) is 12.1 Å². The van der Waals surface area contributed by atoms with Gasteiger partial charge in [0.15, 0.2) is 0 Å². The molecular weight excluding hydrogens is 180 g/mol. The lowest BCUT2D eigenvalue weighted by molar-refractivity contribution is -0.743. The number of aromatic nitrogens is 1. The molecule has 14 heavy (non-hydrogen) atoms. The molecule has 1 aliphatic heterocycles. The van der Waals surface area contributed by atoms with Crippen LogP contribution in [0.4, 0.5) is 0 Å². The van der Waals surface area contributed by atoms with Gasteiger partial charge in [0.25, 0.3) is 0 Å². The minimum absolute atomic E-state index is 0.205. The third kappa shape index (κ3) is 1.55. The molecule has 0 fully saturated rings. The third-order valence-corrected chi connectivity index (χ3v) is 2.33. The van der Waals surface area contributed by atoms with Crippen molar-refractivity contribution >= 4 is 5.71 Å². The predicted molar refractivity (Wildman–Crippen MR) is 51.6 cm³/mol. The molecule has 1 unspecified atom stereocenters. The quantitative estimate of drug-likeness (QED) is 0.671. The summed E-state index contributed by atoms with van der Waals surface area (Å²) >= 11 is 0. The number of pyridine rings is 1. The number of rotatable bonds is 2. The van der Waals surface area contributed by atoms with Crippen molar-refractivity contribution in [3.8, 4) is 0 Å². The van der Waals surface area contributed by atoms with E-state index in [0.717, 1.165) is 17.8 Å². The maximum Gasteiger partial charge on any atom is 0.223 e. The fourth-order valence-corrected chi connectivity index (χ4v) is 1.51. The van der Waals surface area contributed by atoms with Crippen LogP contribution in [0.25, 0.3) is 0 Å². The molecule has 1 atom stereocenters. The summed E-state index contributed by atoms with van der Waals surface area (Å²) in [4.78, 5) is 9.91. The zero-order valence-electron chi connectivity index (χ0n) is 8.01. The molecule has 1 aromatic rings. The van der Waals surface area contributed by atoms with E-state index in [9.17, 15) is 5.21 Å². The lowest BCUT2D eigenvalue weighted by atomic mass is 10.1. The monoisotopic (exact) mass is 192 g/mol. The molecule has 0 saturated heterocycles. The van der Waals surface area contributed by atoms with E-state index < -0.39 is 0 Å². The van der Waals surface area contributed by atoms with Crippen LogP contribution in [0, 0.1) is 5.21 Å². The average Bonchev–Trinajstić information content (AvgIpc) is 2.61. The van der Waals surface area contributed by atoms with E-state index in [-0.39, 0.29) is 6.10 Å². The molecular formula is C10H12N2O2. The van der Waals surface area contributed by atoms with Crippen molar-refractivity contribution in [2.75, 3.05) is 0 Å². The van der Waals surface area contributed by atoms with E-state index in [0.29, 0.717) is 11.3 Å². The van der Waals surface area contributed by atoms with E-state index in [1.807, 2.05) is 25.1 Å². The van der Waals surface area contributed by atoms with Gasteiger partial charge in [-0.15, -0.1) is 0 Å². The van der Waals surface area contributed by atoms with Crippen LogP contribution in [0.3, 0.4) is 0 Å². The lowest BCUT2D eigenvalue weighted by Gasteiger charge is -2.09. The van der Waals surface area contributed by atoms with Crippen molar-refractivity contribution in [1.29, 1.82) is 0 Å². The van der Waals surface area contributed by atoms with Crippen molar-refractivity contribution < 1.29 is 9.74 Å². The van der Waals surface area contributed by atoms with Gasteiger partial charge >= 0.3 is 0 Å². The standard InChI is InChI=1S/C10H12N2O2/c1-2-8-7-10(14-12(8)13)9-5-3-4-6-11-9/h3-6,10H,2,7H2,1H3. The first kappa shape index (κ1) is 8.99. The molecule has 74 valence electrons. The van der Waals surface area contributed by atoms with Crippen LogP contribution in [-0.2, 0) is 4.84 Å². The van der Waals surface area contributed by atoms with Crippen LogP contribution < -0.4 is 0 Å². The molecule has 0 spiro atoms. The van der Waals surface area contributed by atoms with Crippen molar-refractivity contribution in [3.05, 3.63) is 35.3 Å². The van der Waals surface area contributed by atoms with Crippen LogP contribution in [-0.4, -0.2) is 15.6 Å². The largest absolute Gasteiger partial charge is 0.393 e. The summed E-state index contributed by atoms with van der Waals surface area (Å²) in [5.41, 5.74) is 1.59. The molecule has 0 aromatic carbocycles. The van der Waals surface area contributed by atoms with Crippen molar-refractivity contribution in [2.45, 2.75) is 25.9 Å². The van der Waals surface area contributed by atoms with E-state index in [1.54, 1.807) is 6.20 Å². The zero-order chi connectivity index (χ0) is 9.97. The fourth-order valence-electron chi connectivity index (χ4n) is 1.51. The molecule has 2 rings (SSSR count). The summed E-state index contributed by atoms with van der Waals surface area (Å²) < 4.78 is 0. The maximum atomic E-state index is 11.2. The van der Waals surface area contributed by atoms with Gasteiger partial charge in [-0.25, -0.2) is 0 Å². The van der Waals surface area contributed by atoms with E-state index in [1.165, 1.54) is 0 Å². The molecule has 0 N–H and O–H groups in total. The fraction of sp³-hybridized carbons (Fsp3) is 0.400. The Hall–Kier alpha value is -1.58. The molecule has 0 bridgehead atoms. The molecule has 0 radical (unpaired) electrons. The van der Waals surface area contributed by atoms with Gasteiger partial charge in [-0.1, -0.05) is 13.0 Å². The third-order valence-electron chi connectivity index (χ3n) is 2.33. The van der Waals surface area contributed by atoms with Crippen LogP contribution in [0.5, 0.6) is 0 Å². The number of hydrogen-bond acceptors (Lipinski definition) is 3. The summed E-state index contributed by atoms with van der Waals surface area (Å²) in [5.74, 6) is 0. The van der Waals surface area contributed by atoms with Crippen molar-refractivity contribution in [2.24, 2.45) is 0 Å². The Bertz CT molecular complexity index is 348. The predicted octanol–water partition coefficient (Wildman–Crippen LogP) is 1.82. The highest BCUT2D eigenvalue weighted by Gasteiger charge is 2.27. The minimum Gasteiger partial charge on any atom is -0.393 e. The summed E-state index contributed by atoms with van der Waals surface area (Å²) in [6.45, 7) is 1.95. The van der Waals surface area contributed by atoms with Crippen LogP contribution in [0.2, 0.25) is 0 Å². The highest BCUT2D eigenvalue weighted by atomic mass is 16.9. The highest BCUT2D eigenvalue weighted by molar-refractivity contribution is 5.80. The molecule has 1 aliphatic rings. The van der Waals surface area contributed by atoms with E-state index >= 15 is 0 Å². The minimum atomic E-state index is -0.205. The van der Waals surface area contributed by atoms with E-state index in [4.69, 9.17) is 4.84 Å². The van der Waals surface area contributed by atoms with Gasteiger partial charge < -0.3 is 4.84 Å². The van der Waals surface area contributed by atoms with Crippen molar-refractivity contribution in [3.63, 3.8) is 0 Å². The molecule has 1 aromatic heterocycles. The number of nitrogens with zero attached hydrogens (tertiary/aromatic N) is 2. The van der Waals surface area contributed by atoms with Crippen LogP contribution in [0.1, 0.15) is 31.6 Å². The Balaban J connectivity index is 2.13. The second-order valence-electron chi connectivity index (χ2n) is 3.23. The lowest BCUT2D eigenvalue weighted by Crippen LogP contribution is -2.04. The van der Waals surface area contributed by atoms with Crippen molar-refractivity contribution in [1.82, 2.24) is 4.98 Å². The SMILES string of the molecule is CCC1=[N+]([O-])OC(c2ccccn2)C1. The molecule has 4 nitrogen and oxygen atoms in total. The Morgan fingerprint density at radius 2 is 2.50 bits per heavy atom. The first-order valence-corrected chi connectivity index (χ1v) is 4.71. The second kappa shape index (κ2) is 3.65. The first-order chi connectivity index (χ1) is 6.81. The smallest absolute Gasteiger partial charge is 0.223 e. The normalized spacial score (nSPS) is 21.1. The second-order valence-corrected chi connectivity index (χ2v) is 3.23. The maximum absolute atomic E-state index is 11.2. The molecule has 4 heteroatoms. The van der Waals surface area contributed by atoms with Gasteiger partial charge in [0.1, 0.15) is 6.10 Å². The summed E-state index contributed by atoms with van der Waals surface area (Å²) in [6.07, 6.45) is 2.88. The Morgan fingerprint density at radius 3 is 3.07 bits per heavy atom. The molecule has 0 amide bonds. The summed E-state index contributed by atoms with van der Waals surface area (Å²) in [7, 11) is 0. The van der Waals surface area contributed by atoms with E-state index in [2.05, 4.69) is 4.98 Å². The van der Waals surface area contributed by atoms with Gasteiger partial charge in [-0.3, -0.25) is 10.2 Å². The van der Waals surface area contributed by atoms with Gasteiger partial charge in [0.2, 0.25) is 5.71 Å². The summed E-state index contributed by atoms with van der Waals surface area (Å²) in [5, 5.41) is 11.2. The summed E-state index contributed by atoms with van der Waals surface area (Å²) in [6, 6.07) is 5.61.